The molecular formula is C21H26BrN5O2. The van der Waals surface area contributed by atoms with Crippen LogP contribution in [0.4, 0.5) is 10.6 Å². The van der Waals surface area contributed by atoms with Gasteiger partial charge in [-0.25, -0.2) is 9.48 Å². The third kappa shape index (κ3) is 4.80. The van der Waals surface area contributed by atoms with E-state index in [1.54, 1.807) is 10.9 Å². The van der Waals surface area contributed by atoms with Crippen molar-refractivity contribution < 1.29 is 9.59 Å². The molecule has 8 heteroatoms. The molecule has 2 aliphatic rings. The van der Waals surface area contributed by atoms with Crippen LogP contribution in [0.5, 0.6) is 0 Å². The number of hydrogen-bond donors (Lipinski definition) is 1. The number of nitrogens with zero attached hydrogens (tertiary/aromatic N) is 4. The molecule has 0 bridgehead atoms. The summed E-state index contributed by atoms with van der Waals surface area (Å²) < 4.78 is 2.81. The van der Waals surface area contributed by atoms with Crippen molar-refractivity contribution in [2.24, 2.45) is 5.92 Å². The monoisotopic (exact) mass is 459 g/mol. The van der Waals surface area contributed by atoms with E-state index in [0.717, 1.165) is 36.0 Å². The van der Waals surface area contributed by atoms with E-state index in [-0.39, 0.29) is 17.9 Å². The van der Waals surface area contributed by atoms with Crippen LogP contribution < -0.4 is 5.32 Å². The fourth-order valence-corrected chi connectivity index (χ4v) is 4.49. The lowest BCUT2D eigenvalue weighted by Gasteiger charge is -2.34. The third-order valence-corrected chi connectivity index (χ3v) is 6.20. The molecule has 1 aromatic carbocycles. The quantitative estimate of drug-likeness (QED) is 0.759. The summed E-state index contributed by atoms with van der Waals surface area (Å²) in [6.07, 6.45) is 5.29. The number of anilines is 1. The molecule has 0 spiro atoms. The summed E-state index contributed by atoms with van der Waals surface area (Å²) in [5.41, 5.74) is 1.10. The van der Waals surface area contributed by atoms with Gasteiger partial charge < -0.3 is 15.1 Å². The Balaban J connectivity index is 1.31. The molecule has 7 nitrogen and oxygen atoms in total. The molecule has 1 N–H and O–H groups in total. The van der Waals surface area contributed by atoms with Gasteiger partial charge in [-0.1, -0.05) is 28.1 Å². The first-order valence-electron chi connectivity index (χ1n) is 10.2. The van der Waals surface area contributed by atoms with Crippen LogP contribution in [0.2, 0.25) is 0 Å². The minimum atomic E-state index is -0.0770. The first kappa shape index (κ1) is 19.9. The molecule has 2 fully saturated rings. The van der Waals surface area contributed by atoms with E-state index in [1.165, 1.54) is 0 Å². The lowest BCUT2D eigenvalue weighted by atomic mass is 9.96. The summed E-state index contributed by atoms with van der Waals surface area (Å²) in [6, 6.07) is 10.00. The normalized spacial score (nSPS) is 17.6. The Kier molecular flexibility index (Phi) is 6.18. The van der Waals surface area contributed by atoms with Crippen LogP contribution in [0.3, 0.4) is 0 Å². The summed E-state index contributed by atoms with van der Waals surface area (Å²) in [7, 11) is 0. The van der Waals surface area contributed by atoms with Gasteiger partial charge in [0.25, 0.3) is 0 Å². The van der Waals surface area contributed by atoms with E-state index in [0.29, 0.717) is 38.3 Å². The molecule has 3 amide bonds. The Bertz CT molecular complexity index is 869. The molecule has 1 aromatic heterocycles. The number of rotatable bonds is 4. The minimum absolute atomic E-state index is 0.00858. The molecule has 2 aromatic rings. The maximum absolute atomic E-state index is 12.8. The van der Waals surface area contributed by atoms with Gasteiger partial charge in [0.05, 0.1) is 12.7 Å². The Hall–Kier alpha value is -2.35. The van der Waals surface area contributed by atoms with Crippen molar-refractivity contribution in [1.82, 2.24) is 19.6 Å². The number of likely N-dealkylation sites (tertiary alicyclic amines) is 2. The highest BCUT2D eigenvalue weighted by molar-refractivity contribution is 9.10. The third-order valence-electron chi connectivity index (χ3n) is 5.70. The fraction of sp³-hybridized carbons (Fsp3) is 0.476. The van der Waals surface area contributed by atoms with Crippen LogP contribution in [0.15, 0.2) is 41.0 Å². The van der Waals surface area contributed by atoms with Crippen molar-refractivity contribution >= 4 is 33.7 Å². The van der Waals surface area contributed by atoms with Gasteiger partial charge in [-0.3, -0.25) is 4.79 Å². The van der Waals surface area contributed by atoms with Crippen molar-refractivity contribution in [2.75, 3.05) is 31.5 Å². The smallest absolute Gasteiger partial charge is 0.319 e. The average Bonchev–Trinajstić information content (AvgIpc) is 3.40. The van der Waals surface area contributed by atoms with Crippen LogP contribution in [-0.2, 0) is 11.3 Å². The molecule has 2 saturated heterocycles. The van der Waals surface area contributed by atoms with Crippen molar-refractivity contribution in [1.29, 1.82) is 0 Å². The predicted molar refractivity (Wildman–Crippen MR) is 115 cm³/mol. The highest BCUT2D eigenvalue weighted by atomic mass is 79.9. The van der Waals surface area contributed by atoms with Crippen molar-refractivity contribution in [3.05, 3.63) is 46.6 Å². The number of nitrogens with one attached hydrogen (secondary N) is 1. The zero-order valence-corrected chi connectivity index (χ0v) is 18.0. The Morgan fingerprint density at radius 3 is 2.52 bits per heavy atom. The molecule has 0 unspecified atom stereocenters. The lowest BCUT2D eigenvalue weighted by molar-refractivity contribution is -0.121. The van der Waals surface area contributed by atoms with E-state index in [2.05, 4.69) is 26.3 Å². The summed E-state index contributed by atoms with van der Waals surface area (Å²) in [5, 5.41) is 7.38. The van der Waals surface area contributed by atoms with Gasteiger partial charge in [-0.2, -0.15) is 5.10 Å². The molecule has 2 aliphatic heterocycles. The van der Waals surface area contributed by atoms with Gasteiger partial charge in [-0.15, -0.1) is 0 Å². The molecular weight excluding hydrogens is 434 g/mol. The Morgan fingerprint density at radius 1 is 1.07 bits per heavy atom. The molecule has 29 heavy (non-hydrogen) atoms. The first-order chi connectivity index (χ1) is 14.1. The number of hydrogen-bond acceptors (Lipinski definition) is 3. The fourth-order valence-electron chi connectivity index (χ4n) is 4.04. The minimum Gasteiger partial charge on any atom is -0.325 e. The van der Waals surface area contributed by atoms with Crippen LogP contribution in [0.1, 0.15) is 31.2 Å². The van der Waals surface area contributed by atoms with E-state index in [9.17, 15) is 9.59 Å². The molecule has 0 saturated carbocycles. The number of carbonyl (C=O) groups excluding carboxylic acids is 2. The van der Waals surface area contributed by atoms with Gasteiger partial charge in [0.15, 0.2) is 0 Å². The van der Waals surface area contributed by atoms with E-state index in [1.807, 2.05) is 40.1 Å². The Morgan fingerprint density at radius 2 is 1.79 bits per heavy atom. The second kappa shape index (κ2) is 8.98. The molecule has 154 valence electrons. The number of benzene rings is 1. The number of halogens is 1. The maximum atomic E-state index is 12.8. The number of piperidine rings is 1. The van der Waals surface area contributed by atoms with Crippen LogP contribution in [0.25, 0.3) is 0 Å². The van der Waals surface area contributed by atoms with Gasteiger partial charge >= 0.3 is 6.03 Å². The number of carbonyl (C=O) groups is 2. The topological polar surface area (TPSA) is 70.5 Å². The Labute approximate surface area is 179 Å². The van der Waals surface area contributed by atoms with E-state index >= 15 is 0 Å². The molecule has 4 rings (SSSR count). The second-order valence-electron chi connectivity index (χ2n) is 7.73. The lowest BCUT2D eigenvalue weighted by Crippen LogP contribution is -2.47. The van der Waals surface area contributed by atoms with Crippen LogP contribution in [0, 0.1) is 5.92 Å². The first-order valence-corrected chi connectivity index (χ1v) is 11.0. The van der Waals surface area contributed by atoms with Gasteiger partial charge in [0.2, 0.25) is 5.91 Å². The highest BCUT2D eigenvalue weighted by Gasteiger charge is 2.30. The molecule has 0 radical (unpaired) electrons. The summed E-state index contributed by atoms with van der Waals surface area (Å²) in [6.45, 7) is 3.60. The highest BCUT2D eigenvalue weighted by Crippen LogP contribution is 2.22. The molecule has 0 atom stereocenters. The summed E-state index contributed by atoms with van der Waals surface area (Å²) in [4.78, 5) is 29.1. The van der Waals surface area contributed by atoms with Crippen molar-refractivity contribution in [3.8, 4) is 0 Å². The van der Waals surface area contributed by atoms with E-state index < -0.39 is 0 Å². The van der Waals surface area contributed by atoms with E-state index in [4.69, 9.17) is 0 Å². The van der Waals surface area contributed by atoms with Crippen LogP contribution >= 0.6 is 15.9 Å². The van der Waals surface area contributed by atoms with Gasteiger partial charge in [0.1, 0.15) is 5.82 Å². The second-order valence-corrected chi connectivity index (χ2v) is 8.65. The van der Waals surface area contributed by atoms with Crippen LogP contribution in [-0.4, -0.2) is 57.7 Å². The SMILES string of the molecule is O=C(Nc1ccnn1Cc1cccc(Br)c1)C1CCN(C(=O)N2CCCC2)CC1. The summed E-state index contributed by atoms with van der Waals surface area (Å²) in [5.74, 6) is 0.631. The maximum Gasteiger partial charge on any atom is 0.319 e. The zero-order chi connectivity index (χ0) is 20.2. The standard InChI is InChI=1S/C21H26BrN5O2/c22-18-5-3-4-16(14-18)15-27-19(6-9-23-27)24-20(28)17-7-12-26(13-8-17)21(29)25-10-1-2-11-25/h3-6,9,14,17H,1-2,7-8,10-13,15H2,(H,24,28). The zero-order valence-electron chi connectivity index (χ0n) is 16.4. The van der Waals surface area contributed by atoms with Gasteiger partial charge in [0, 0.05) is 42.6 Å². The number of amides is 3. The summed E-state index contributed by atoms with van der Waals surface area (Å²) >= 11 is 3.48. The predicted octanol–water partition coefficient (Wildman–Crippen LogP) is 3.56. The van der Waals surface area contributed by atoms with Gasteiger partial charge in [-0.05, 0) is 43.4 Å². The number of urea groups is 1. The average molecular weight is 460 g/mol. The van der Waals surface area contributed by atoms with Crippen molar-refractivity contribution in [2.45, 2.75) is 32.2 Å². The van der Waals surface area contributed by atoms with Crippen molar-refractivity contribution in [3.63, 3.8) is 0 Å². The molecule has 3 heterocycles. The molecule has 0 aliphatic carbocycles. The number of aromatic nitrogens is 2. The largest absolute Gasteiger partial charge is 0.325 e.